The fourth-order valence-electron chi connectivity index (χ4n) is 5.46. The molecule has 2 aliphatic rings. The Morgan fingerprint density at radius 2 is 1.79 bits per heavy atom. The van der Waals surface area contributed by atoms with E-state index in [-0.39, 0.29) is 34.5 Å². The maximum absolute atomic E-state index is 13.3. The van der Waals surface area contributed by atoms with E-state index in [0.717, 1.165) is 11.1 Å². The van der Waals surface area contributed by atoms with Gasteiger partial charge in [-0.2, -0.15) is 0 Å². The summed E-state index contributed by atoms with van der Waals surface area (Å²) in [6.45, 7) is -0.284. The summed E-state index contributed by atoms with van der Waals surface area (Å²) in [7, 11) is 0. The van der Waals surface area contributed by atoms with Gasteiger partial charge in [-0.1, -0.05) is 42.3 Å². The van der Waals surface area contributed by atoms with E-state index in [0.29, 0.717) is 24.0 Å². The highest BCUT2D eigenvalue weighted by Gasteiger charge is 2.49. The number of carboxylic acid groups (broad SMARTS) is 1. The van der Waals surface area contributed by atoms with Crippen molar-refractivity contribution in [1.82, 2.24) is 0 Å². The van der Waals surface area contributed by atoms with Crippen LogP contribution in [0.5, 0.6) is 11.5 Å². The molecule has 0 bridgehead atoms. The summed E-state index contributed by atoms with van der Waals surface area (Å²) < 4.78 is 35.2. The molecule has 0 amide bonds. The SMILES string of the molecule is O=C(O)CC(=O)OC[C@@H]1O[C@H](Oc2ccc3c(=O)c(-c4ccc(O)cc4)coc3c2)[C@H]2OCCc3ccccc3CC#CO[C@@H]2[C@H]1O. The molecule has 0 saturated carbocycles. The first-order valence-electron chi connectivity index (χ1n) is 14.8. The van der Waals surface area contributed by atoms with E-state index in [1.807, 2.05) is 24.3 Å². The Morgan fingerprint density at radius 3 is 2.57 bits per heavy atom. The number of aliphatic hydroxyl groups excluding tert-OH is 1. The van der Waals surface area contributed by atoms with Crippen LogP contribution in [0.4, 0.5) is 0 Å². The standard InChI is InChI=1S/C35H30O12/c36-23-9-7-22(8-10-23)26-18-44-27-16-24(11-12-25(27)31(26)40)46-35-34-33(32(41)28(47-35)19-45-30(39)17-29(37)38)42-14-3-6-20-4-1-2-5-21(20)13-15-43-34/h1-2,4-5,7-12,16,18,28,32-36,41H,6,13,15,17,19H2,(H,37,38)/t28-,32-,33+,34-,35-/m0/s1. The van der Waals surface area contributed by atoms with Gasteiger partial charge >= 0.3 is 11.9 Å². The molecule has 1 fully saturated rings. The molecule has 3 N–H and O–H groups in total. The number of carbonyl (C=O) groups is 2. The molecule has 47 heavy (non-hydrogen) atoms. The van der Waals surface area contributed by atoms with Crippen molar-refractivity contribution < 1.29 is 53.0 Å². The third-order valence-electron chi connectivity index (χ3n) is 7.85. The highest BCUT2D eigenvalue weighted by molar-refractivity contribution is 5.90. The number of hydrogen-bond acceptors (Lipinski definition) is 11. The van der Waals surface area contributed by atoms with Gasteiger partial charge in [-0.05, 0) is 47.4 Å². The summed E-state index contributed by atoms with van der Waals surface area (Å²) in [5, 5.41) is 30.0. The van der Waals surface area contributed by atoms with Gasteiger partial charge in [0.1, 0.15) is 54.7 Å². The first-order valence-corrected chi connectivity index (χ1v) is 14.8. The Hall–Kier alpha value is -5.35. The Bertz CT molecular complexity index is 1890. The van der Waals surface area contributed by atoms with Crippen LogP contribution in [-0.2, 0) is 41.4 Å². The molecule has 5 atom stereocenters. The number of esters is 1. The second-order valence-electron chi connectivity index (χ2n) is 11.0. The van der Waals surface area contributed by atoms with Crippen molar-refractivity contribution in [1.29, 1.82) is 0 Å². The zero-order chi connectivity index (χ0) is 32.9. The van der Waals surface area contributed by atoms with Crippen molar-refractivity contribution in [2.24, 2.45) is 0 Å². The average molecular weight is 643 g/mol. The predicted molar refractivity (Wildman–Crippen MR) is 164 cm³/mol. The summed E-state index contributed by atoms with van der Waals surface area (Å²) in [5.74, 6) is 0.884. The van der Waals surface area contributed by atoms with E-state index in [1.165, 1.54) is 30.5 Å². The second kappa shape index (κ2) is 14.0. The quantitative estimate of drug-likeness (QED) is 0.153. The van der Waals surface area contributed by atoms with Crippen LogP contribution < -0.4 is 10.2 Å². The number of carbonyl (C=O) groups excluding carboxylic acids is 1. The molecule has 12 nitrogen and oxygen atoms in total. The number of fused-ring (bicyclic) bond motifs is 3. The van der Waals surface area contributed by atoms with Crippen LogP contribution in [-0.4, -0.2) is 71.2 Å². The molecule has 4 aromatic rings. The Balaban J connectivity index is 1.28. The molecule has 3 heterocycles. The number of phenols is 1. The molecule has 0 radical (unpaired) electrons. The number of phenolic OH excluding ortho intramolecular Hbond substituents is 1. The largest absolute Gasteiger partial charge is 0.508 e. The first kappa shape index (κ1) is 31.6. The Labute approximate surface area is 268 Å². The molecule has 6 rings (SSSR count). The van der Waals surface area contributed by atoms with Gasteiger partial charge in [-0.25, -0.2) is 0 Å². The van der Waals surface area contributed by atoms with E-state index >= 15 is 0 Å². The molecule has 242 valence electrons. The zero-order valence-electron chi connectivity index (χ0n) is 24.9. The fourth-order valence-corrected chi connectivity index (χ4v) is 5.46. The minimum Gasteiger partial charge on any atom is -0.508 e. The van der Waals surface area contributed by atoms with Gasteiger partial charge in [0.2, 0.25) is 6.29 Å². The molecule has 1 saturated heterocycles. The monoisotopic (exact) mass is 642 g/mol. The molecule has 1 aromatic heterocycles. The summed E-state index contributed by atoms with van der Waals surface area (Å²) in [4.78, 5) is 36.2. The minimum absolute atomic E-state index is 0.0679. The number of hydrogen-bond donors (Lipinski definition) is 3. The summed E-state index contributed by atoms with van der Waals surface area (Å²) in [6.07, 6.45) is -1.91. The van der Waals surface area contributed by atoms with Crippen LogP contribution in [0.15, 0.2) is 82.2 Å². The number of aromatic hydroxyl groups is 1. The van der Waals surface area contributed by atoms with Crippen molar-refractivity contribution in [2.75, 3.05) is 13.2 Å². The second-order valence-corrected chi connectivity index (χ2v) is 11.0. The van der Waals surface area contributed by atoms with Gasteiger partial charge in [0, 0.05) is 12.5 Å². The van der Waals surface area contributed by atoms with E-state index in [4.69, 9.17) is 33.2 Å². The number of carboxylic acids is 1. The van der Waals surface area contributed by atoms with Crippen LogP contribution in [0, 0.1) is 12.0 Å². The fraction of sp³-hybridized carbons (Fsp3) is 0.286. The molecule has 3 aromatic carbocycles. The van der Waals surface area contributed by atoms with Gasteiger partial charge in [0.05, 0.1) is 17.6 Å². The Morgan fingerprint density at radius 1 is 1.00 bits per heavy atom. The summed E-state index contributed by atoms with van der Waals surface area (Å²) in [5.41, 5.74) is 2.87. The number of rotatable bonds is 7. The molecule has 2 aliphatic heterocycles. The van der Waals surface area contributed by atoms with Gasteiger partial charge in [0.15, 0.2) is 17.6 Å². The number of benzene rings is 3. The number of ether oxygens (including phenoxy) is 5. The normalized spacial score (nSPS) is 22.3. The predicted octanol–water partition coefficient (Wildman–Crippen LogP) is 3.18. The average Bonchev–Trinajstić information content (AvgIpc) is 3.09. The molecule has 0 aliphatic carbocycles. The zero-order valence-corrected chi connectivity index (χ0v) is 24.9. The number of aliphatic hydroxyl groups is 1. The van der Waals surface area contributed by atoms with Crippen molar-refractivity contribution in [3.05, 3.63) is 94.3 Å². The third-order valence-corrected chi connectivity index (χ3v) is 7.85. The highest BCUT2D eigenvalue weighted by Crippen LogP contribution is 2.31. The molecule has 0 unspecified atom stereocenters. The van der Waals surface area contributed by atoms with Crippen LogP contribution >= 0.6 is 0 Å². The maximum Gasteiger partial charge on any atom is 0.317 e. The van der Waals surface area contributed by atoms with Gasteiger partial charge < -0.3 is 43.4 Å². The number of aliphatic carboxylic acids is 1. The summed E-state index contributed by atoms with van der Waals surface area (Å²) >= 11 is 0. The van der Waals surface area contributed by atoms with Crippen molar-refractivity contribution in [3.8, 4) is 34.7 Å². The third kappa shape index (κ3) is 7.23. The lowest BCUT2D eigenvalue weighted by atomic mass is 9.98. The summed E-state index contributed by atoms with van der Waals surface area (Å²) in [6, 6.07) is 18.5. The lowest BCUT2D eigenvalue weighted by Gasteiger charge is -2.42. The maximum atomic E-state index is 13.3. The minimum atomic E-state index is -1.40. The smallest absolute Gasteiger partial charge is 0.317 e. The Kier molecular flexibility index (Phi) is 9.40. The van der Waals surface area contributed by atoms with Crippen LogP contribution in [0.3, 0.4) is 0 Å². The van der Waals surface area contributed by atoms with E-state index in [2.05, 4.69) is 12.0 Å². The van der Waals surface area contributed by atoms with Crippen molar-refractivity contribution in [2.45, 2.75) is 50.0 Å². The van der Waals surface area contributed by atoms with Crippen LogP contribution in [0.1, 0.15) is 17.5 Å². The topological polar surface area (TPSA) is 171 Å². The van der Waals surface area contributed by atoms with E-state index in [9.17, 15) is 24.6 Å². The van der Waals surface area contributed by atoms with E-state index in [1.54, 1.807) is 18.2 Å². The lowest BCUT2D eigenvalue weighted by Crippen LogP contribution is -2.61. The highest BCUT2D eigenvalue weighted by atomic mass is 16.7. The molecular weight excluding hydrogens is 612 g/mol. The van der Waals surface area contributed by atoms with Crippen molar-refractivity contribution in [3.63, 3.8) is 0 Å². The van der Waals surface area contributed by atoms with Crippen LogP contribution in [0.25, 0.3) is 22.1 Å². The molecular formula is C35H30O12. The van der Waals surface area contributed by atoms with E-state index < -0.39 is 55.7 Å². The first-order chi connectivity index (χ1) is 22.8. The van der Waals surface area contributed by atoms with Gasteiger partial charge in [-0.3, -0.25) is 14.4 Å². The molecule has 0 spiro atoms. The van der Waals surface area contributed by atoms with Crippen molar-refractivity contribution >= 4 is 22.9 Å². The lowest BCUT2D eigenvalue weighted by molar-refractivity contribution is -0.287. The molecule has 12 heteroatoms. The van der Waals surface area contributed by atoms with Crippen LogP contribution in [0.2, 0.25) is 0 Å². The van der Waals surface area contributed by atoms with Gasteiger partial charge in [-0.15, -0.1) is 0 Å². The van der Waals surface area contributed by atoms with Gasteiger partial charge in [0.25, 0.3) is 0 Å².